The molecule has 0 radical (unpaired) electrons. The number of aromatic nitrogens is 3. The summed E-state index contributed by atoms with van der Waals surface area (Å²) < 4.78 is 7.10. The summed E-state index contributed by atoms with van der Waals surface area (Å²) >= 11 is 0. The van der Waals surface area contributed by atoms with Gasteiger partial charge in [-0.25, -0.2) is 0 Å². The Bertz CT molecular complexity index is 806. The minimum atomic E-state index is 0.432. The standard InChI is InChI=1S/C16H14N4O/c1-11-3-5-12(6-4-11)8-15-18-16(21-19-15)14-7-13(9-17)10-20(14)2/h3-7,10H,8H2,1-2H3. The van der Waals surface area contributed by atoms with Crippen molar-refractivity contribution in [2.24, 2.45) is 7.05 Å². The van der Waals surface area contributed by atoms with Crippen LogP contribution < -0.4 is 0 Å². The lowest BCUT2D eigenvalue weighted by Gasteiger charge is -1.97. The van der Waals surface area contributed by atoms with Gasteiger partial charge in [-0.2, -0.15) is 10.2 Å². The molecule has 5 nitrogen and oxygen atoms in total. The summed E-state index contributed by atoms with van der Waals surface area (Å²) in [7, 11) is 1.85. The Balaban J connectivity index is 1.84. The molecule has 3 aromatic rings. The van der Waals surface area contributed by atoms with Crippen LogP contribution in [0.3, 0.4) is 0 Å². The summed E-state index contributed by atoms with van der Waals surface area (Å²) in [6.07, 6.45) is 2.36. The maximum atomic E-state index is 8.91. The minimum absolute atomic E-state index is 0.432. The number of aryl methyl sites for hydroxylation is 2. The highest BCUT2D eigenvalue weighted by atomic mass is 16.5. The number of rotatable bonds is 3. The predicted molar refractivity (Wildman–Crippen MR) is 77.4 cm³/mol. The second-order valence-corrected chi connectivity index (χ2v) is 5.01. The second kappa shape index (κ2) is 5.25. The lowest BCUT2D eigenvalue weighted by Crippen LogP contribution is -1.92. The number of hydrogen-bond donors (Lipinski definition) is 0. The topological polar surface area (TPSA) is 67.6 Å². The van der Waals surface area contributed by atoms with Crippen molar-refractivity contribution in [3.63, 3.8) is 0 Å². The van der Waals surface area contributed by atoms with E-state index >= 15 is 0 Å². The van der Waals surface area contributed by atoms with Gasteiger partial charge >= 0.3 is 0 Å². The normalized spacial score (nSPS) is 10.5. The summed E-state index contributed by atoms with van der Waals surface area (Å²) in [5.41, 5.74) is 3.68. The summed E-state index contributed by atoms with van der Waals surface area (Å²) in [6.45, 7) is 2.05. The van der Waals surface area contributed by atoms with Gasteiger partial charge in [0.15, 0.2) is 5.82 Å². The van der Waals surface area contributed by atoms with Crippen molar-refractivity contribution in [3.05, 3.63) is 59.0 Å². The van der Waals surface area contributed by atoms with Gasteiger partial charge < -0.3 is 9.09 Å². The van der Waals surface area contributed by atoms with Crippen LogP contribution in [0.15, 0.2) is 41.1 Å². The Hall–Kier alpha value is -2.87. The molecule has 0 unspecified atom stereocenters. The Morgan fingerprint density at radius 1 is 1.29 bits per heavy atom. The maximum absolute atomic E-state index is 8.91. The summed E-state index contributed by atoms with van der Waals surface area (Å²) in [4.78, 5) is 4.40. The van der Waals surface area contributed by atoms with E-state index in [1.54, 1.807) is 12.3 Å². The molecular formula is C16H14N4O. The molecule has 0 amide bonds. The molecular weight excluding hydrogens is 264 g/mol. The zero-order valence-electron chi connectivity index (χ0n) is 11.9. The van der Waals surface area contributed by atoms with Crippen molar-refractivity contribution in [3.8, 4) is 17.7 Å². The number of hydrogen-bond acceptors (Lipinski definition) is 4. The lowest BCUT2D eigenvalue weighted by molar-refractivity contribution is 0.421. The van der Waals surface area contributed by atoms with Gasteiger partial charge in [-0.1, -0.05) is 35.0 Å². The van der Waals surface area contributed by atoms with E-state index in [2.05, 4.69) is 47.4 Å². The average Bonchev–Trinajstić information content (AvgIpc) is 3.07. The lowest BCUT2D eigenvalue weighted by atomic mass is 10.1. The Morgan fingerprint density at radius 3 is 2.71 bits per heavy atom. The minimum Gasteiger partial charge on any atom is -0.345 e. The van der Waals surface area contributed by atoms with E-state index in [0.717, 1.165) is 11.3 Å². The molecule has 2 heterocycles. The van der Waals surface area contributed by atoms with Crippen LogP contribution in [0.5, 0.6) is 0 Å². The summed E-state index contributed by atoms with van der Waals surface area (Å²) in [6, 6.07) is 12.1. The quantitative estimate of drug-likeness (QED) is 0.738. The number of nitrogens with zero attached hydrogens (tertiary/aromatic N) is 4. The van der Waals surface area contributed by atoms with Gasteiger partial charge in [-0.05, 0) is 18.6 Å². The van der Waals surface area contributed by atoms with Crippen LogP contribution in [0, 0.1) is 18.3 Å². The van der Waals surface area contributed by atoms with E-state index in [4.69, 9.17) is 9.78 Å². The van der Waals surface area contributed by atoms with Gasteiger partial charge in [0.05, 0.1) is 5.56 Å². The molecule has 0 aliphatic rings. The molecule has 0 spiro atoms. The van der Waals surface area contributed by atoms with E-state index in [9.17, 15) is 0 Å². The van der Waals surface area contributed by atoms with Crippen LogP contribution in [0.1, 0.15) is 22.5 Å². The highest BCUT2D eigenvalue weighted by Gasteiger charge is 2.13. The van der Waals surface area contributed by atoms with E-state index in [-0.39, 0.29) is 0 Å². The van der Waals surface area contributed by atoms with Crippen LogP contribution in [0.25, 0.3) is 11.6 Å². The Morgan fingerprint density at radius 2 is 2.05 bits per heavy atom. The highest BCUT2D eigenvalue weighted by molar-refractivity contribution is 5.52. The third kappa shape index (κ3) is 2.70. The first-order valence-corrected chi connectivity index (χ1v) is 6.60. The first-order valence-electron chi connectivity index (χ1n) is 6.60. The summed E-state index contributed by atoms with van der Waals surface area (Å²) in [5.74, 6) is 1.06. The fourth-order valence-corrected chi connectivity index (χ4v) is 2.16. The Labute approximate surface area is 122 Å². The molecule has 0 saturated heterocycles. The highest BCUT2D eigenvalue weighted by Crippen LogP contribution is 2.20. The van der Waals surface area contributed by atoms with Gasteiger partial charge in [0.1, 0.15) is 11.8 Å². The Kier molecular flexibility index (Phi) is 3.28. The van der Waals surface area contributed by atoms with Gasteiger partial charge in [-0.15, -0.1) is 0 Å². The van der Waals surface area contributed by atoms with Crippen molar-refractivity contribution in [2.75, 3.05) is 0 Å². The van der Waals surface area contributed by atoms with Crippen molar-refractivity contribution in [1.29, 1.82) is 5.26 Å². The predicted octanol–water partition coefficient (Wildman–Crippen LogP) is 2.85. The molecule has 0 aliphatic heterocycles. The van der Waals surface area contributed by atoms with Crippen LogP contribution in [-0.2, 0) is 13.5 Å². The third-order valence-corrected chi connectivity index (χ3v) is 3.30. The SMILES string of the molecule is Cc1ccc(Cc2noc(-c3cc(C#N)cn3C)n2)cc1. The molecule has 21 heavy (non-hydrogen) atoms. The first kappa shape index (κ1) is 13.1. The summed E-state index contributed by atoms with van der Waals surface area (Å²) in [5, 5.41) is 12.9. The molecule has 0 atom stereocenters. The molecule has 5 heteroatoms. The average molecular weight is 278 g/mol. The molecule has 0 fully saturated rings. The second-order valence-electron chi connectivity index (χ2n) is 5.01. The monoisotopic (exact) mass is 278 g/mol. The van der Waals surface area contributed by atoms with Crippen molar-refractivity contribution >= 4 is 0 Å². The number of benzene rings is 1. The maximum Gasteiger partial charge on any atom is 0.274 e. The molecule has 0 aliphatic carbocycles. The molecule has 2 aromatic heterocycles. The molecule has 0 bridgehead atoms. The molecule has 3 rings (SSSR count). The van der Waals surface area contributed by atoms with E-state index < -0.39 is 0 Å². The number of nitriles is 1. The van der Waals surface area contributed by atoms with Crippen molar-refractivity contribution < 1.29 is 4.52 Å². The van der Waals surface area contributed by atoms with E-state index in [0.29, 0.717) is 23.7 Å². The van der Waals surface area contributed by atoms with Crippen molar-refractivity contribution in [2.45, 2.75) is 13.3 Å². The molecule has 0 N–H and O–H groups in total. The van der Waals surface area contributed by atoms with Crippen LogP contribution in [-0.4, -0.2) is 14.7 Å². The van der Waals surface area contributed by atoms with Gasteiger partial charge in [-0.3, -0.25) is 0 Å². The van der Waals surface area contributed by atoms with Gasteiger partial charge in [0, 0.05) is 19.7 Å². The zero-order valence-corrected chi connectivity index (χ0v) is 11.9. The zero-order chi connectivity index (χ0) is 14.8. The van der Waals surface area contributed by atoms with Gasteiger partial charge in [0.2, 0.25) is 0 Å². The molecule has 104 valence electrons. The van der Waals surface area contributed by atoms with Crippen LogP contribution in [0.4, 0.5) is 0 Å². The fraction of sp³-hybridized carbons (Fsp3) is 0.188. The fourth-order valence-electron chi connectivity index (χ4n) is 2.16. The first-order chi connectivity index (χ1) is 10.2. The third-order valence-electron chi connectivity index (χ3n) is 3.30. The van der Waals surface area contributed by atoms with E-state index in [1.165, 1.54) is 5.56 Å². The van der Waals surface area contributed by atoms with Gasteiger partial charge in [0.25, 0.3) is 5.89 Å². The largest absolute Gasteiger partial charge is 0.345 e. The van der Waals surface area contributed by atoms with E-state index in [1.807, 2.05) is 11.6 Å². The van der Waals surface area contributed by atoms with Crippen molar-refractivity contribution in [1.82, 2.24) is 14.7 Å². The molecule has 1 aromatic carbocycles. The molecule has 0 saturated carbocycles. The smallest absolute Gasteiger partial charge is 0.274 e. The van der Waals surface area contributed by atoms with Crippen LogP contribution >= 0.6 is 0 Å². The van der Waals surface area contributed by atoms with Crippen LogP contribution in [0.2, 0.25) is 0 Å².